The van der Waals surface area contributed by atoms with Gasteiger partial charge in [0.05, 0.1) is 27.4 Å². The highest BCUT2D eigenvalue weighted by molar-refractivity contribution is 8.00. The topological polar surface area (TPSA) is 76.5 Å². The summed E-state index contributed by atoms with van der Waals surface area (Å²) in [6.45, 7) is 0.565. The molecular formula is C30H27ClF2N4O3S. The van der Waals surface area contributed by atoms with Crippen LogP contribution in [0.4, 0.5) is 14.6 Å². The Morgan fingerprint density at radius 2 is 1.88 bits per heavy atom. The molecule has 3 aromatic carbocycles. The number of amides is 2. The Morgan fingerprint density at radius 3 is 2.61 bits per heavy atom. The van der Waals surface area contributed by atoms with Crippen LogP contribution in [-0.4, -0.2) is 54.2 Å². The van der Waals surface area contributed by atoms with Crippen molar-refractivity contribution in [3.8, 4) is 16.9 Å². The number of para-hydroxylation sites is 1. The van der Waals surface area contributed by atoms with E-state index in [0.29, 0.717) is 47.4 Å². The summed E-state index contributed by atoms with van der Waals surface area (Å²) in [5.41, 5.74) is 2.41. The molecule has 0 saturated heterocycles. The largest absolute Gasteiger partial charge is 0.385 e. The van der Waals surface area contributed by atoms with Crippen LogP contribution < -0.4 is 10.2 Å². The van der Waals surface area contributed by atoms with Crippen LogP contribution in [0.25, 0.3) is 16.9 Å². The first-order chi connectivity index (χ1) is 19.9. The minimum Gasteiger partial charge on any atom is -0.385 e. The number of thioether (sulfide) groups is 1. The first-order valence-electron chi connectivity index (χ1n) is 12.9. The Labute approximate surface area is 245 Å². The molecule has 1 atom stereocenters. The van der Waals surface area contributed by atoms with Crippen molar-refractivity contribution in [1.29, 1.82) is 0 Å². The monoisotopic (exact) mass is 596 g/mol. The van der Waals surface area contributed by atoms with Gasteiger partial charge in [0, 0.05) is 43.0 Å². The van der Waals surface area contributed by atoms with Crippen LogP contribution in [0.5, 0.6) is 0 Å². The first-order valence-corrected chi connectivity index (χ1v) is 14.4. The maximum atomic E-state index is 15.3. The van der Waals surface area contributed by atoms with Crippen molar-refractivity contribution in [1.82, 2.24) is 15.1 Å². The molecule has 212 valence electrons. The van der Waals surface area contributed by atoms with Gasteiger partial charge in [-0.15, -0.1) is 11.8 Å². The van der Waals surface area contributed by atoms with Crippen LogP contribution >= 0.6 is 23.4 Å². The molecule has 0 bridgehead atoms. The predicted molar refractivity (Wildman–Crippen MR) is 157 cm³/mol. The molecule has 4 aromatic rings. The number of carbonyl (C=O) groups is 2. The predicted octanol–water partition coefficient (Wildman–Crippen LogP) is 5.79. The lowest BCUT2D eigenvalue weighted by Gasteiger charge is -2.23. The van der Waals surface area contributed by atoms with Gasteiger partial charge in [0.1, 0.15) is 24.0 Å². The Balaban J connectivity index is 1.74. The number of hydrogen-bond donors (Lipinski definition) is 1. The van der Waals surface area contributed by atoms with Crippen LogP contribution in [0.3, 0.4) is 0 Å². The molecule has 1 unspecified atom stereocenters. The quantitative estimate of drug-likeness (QED) is 0.248. The van der Waals surface area contributed by atoms with E-state index in [4.69, 9.17) is 21.4 Å². The summed E-state index contributed by atoms with van der Waals surface area (Å²) >= 11 is 7.82. The molecule has 0 aliphatic carbocycles. The Kier molecular flexibility index (Phi) is 9.02. The maximum absolute atomic E-state index is 15.3. The lowest BCUT2D eigenvalue weighted by atomic mass is 9.99. The third-order valence-corrected chi connectivity index (χ3v) is 8.17. The second-order valence-corrected chi connectivity index (χ2v) is 10.8. The van der Waals surface area contributed by atoms with Gasteiger partial charge >= 0.3 is 0 Å². The molecule has 2 heterocycles. The van der Waals surface area contributed by atoms with Crippen molar-refractivity contribution in [2.24, 2.45) is 0 Å². The fourth-order valence-corrected chi connectivity index (χ4v) is 6.16. The normalized spacial score (nSPS) is 15.0. The third kappa shape index (κ3) is 6.14. The molecule has 41 heavy (non-hydrogen) atoms. The molecule has 1 aliphatic rings. The number of ether oxygens (including phenoxy) is 1. The number of fused-ring (bicyclic) bond motifs is 1. The van der Waals surface area contributed by atoms with Crippen LogP contribution in [0.2, 0.25) is 5.02 Å². The third-order valence-electron chi connectivity index (χ3n) is 6.61. The molecule has 0 spiro atoms. The zero-order valence-corrected chi connectivity index (χ0v) is 23.7. The standard InChI is InChI=1S/C30H27ClF2N4O3S/c1-40-15-7-14-34-25(38)17-36-26(39)18-41-29(21-13-12-20(32)16-23(21)33)27-28(19-8-3-2-4-9-19)35-37(30(27)36)24-11-6-5-10-22(24)31/h2-6,8-13,16,29H,7,14-15,17-18H2,1H3,(H,34,38). The molecule has 0 saturated carbocycles. The highest BCUT2D eigenvalue weighted by Crippen LogP contribution is 2.49. The number of benzene rings is 3. The summed E-state index contributed by atoms with van der Waals surface area (Å²) in [5, 5.41) is 7.37. The summed E-state index contributed by atoms with van der Waals surface area (Å²) in [6.07, 6.45) is 0.610. The fourth-order valence-electron chi connectivity index (χ4n) is 4.72. The number of halogens is 3. The Hall–Kier alpha value is -3.73. The summed E-state index contributed by atoms with van der Waals surface area (Å²) in [5.74, 6) is -1.93. The Bertz CT molecular complexity index is 1570. The van der Waals surface area contributed by atoms with Crippen molar-refractivity contribution in [3.63, 3.8) is 0 Å². The smallest absolute Gasteiger partial charge is 0.240 e. The molecular weight excluding hydrogens is 570 g/mol. The van der Waals surface area contributed by atoms with E-state index in [1.807, 2.05) is 30.3 Å². The highest BCUT2D eigenvalue weighted by Gasteiger charge is 2.38. The van der Waals surface area contributed by atoms with Crippen molar-refractivity contribution in [3.05, 3.63) is 101 Å². The number of nitrogens with one attached hydrogen (secondary N) is 1. The van der Waals surface area contributed by atoms with Crippen LogP contribution in [-0.2, 0) is 14.3 Å². The second-order valence-electron chi connectivity index (χ2n) is 9.35. The van der Waals surface area contributed by atoms with Gasteiger partial charge in [0.15, 0.2) is 0 Å². The van der Waals surface area contributed by atoms with E-state index >= 15 is 4.39 Å². The van der Waals surface area contributed by atoms with Gasteiger partial charge in [-0.05, 0) is 24.6 Å². The summed E-state index contributed by atoms with van der Waals surface area (Å²) < 4.78 is 35.8. The molecule has 1 N–H and O–H groups in total. The van der Waals surface area contributed by atoms with Gasteiger partial charge in [-0.3, -0.25) is 14.5 Å². The molecule has 0 fully saturated rings. The average molecular weight is 597 g/mol. The molecule has 1 aromatic heterocycles. The Morgan fingerprint density at radius 1 is 1.12 bits per heavy atom. The number of nitrogens with zero attached hydrogens (tertiary/aromatic N) is 3. The average Bonchev–Trinajstić information content (AvgIpc) is 3.29. The lowest BCUT2D eigenvalue weighted by Crippen LogP contribution is -2.42. The van der Waals surface area contributed by atoms with Crippen molar-refractivity contribution in [2.45, 2.75) is 11.7 Å². The minimum atomic E-state index is -0.741. The van der Waals surface area contributed by atoms with E-state index in [2.05, 4.69) is 5.32 Å². The number of aromatic nitrogens is 2. The van der Waals surface area contributed by atoms with E-state index < -0.39 is 16.9 Å². The van der Waals surface area contributed by atoms with Crippen molar-refractivity contribution >= 4 is 41.0 Å². The second kappa shape index (κ2) is 12.8. The van der Waals surface area contributed by atoms with Crippen molar-refractivity contribution in [2.75, 3.05) is 37.5 Å². The number of anilines is 1. The van der Waals surface area contributed by atoms with Crippen LogP contribution in [0.1, 0.15) is 22.8 Å². The van der Waals surface area contributed by atoms with Gasteiger partial charge in [-0.25, -0.2) is 13.5 Å². The van der Waals surface area contributed by atoms with Gasteiger partial charge in [0.25, 0.3) is 0 Å². The summed E-state index contributed by atoms with van der Waals surface area (Å²) in [4.78, 5) is 28.1. The van der Waals surface area contributed by atoms with Crippen LogP contribution in [0.15, 0.2) is 72.8 Å². The van der Waals surface area contributed by atoms with Gasteiger partial charge in [-0.2, -0.15) is 5.10 Å². The molecule has 5 rings (SSSR count). The van der Waals surface area contributed by atoms with E-state index in [-0.39, 0.29) is 29.7 Å². The minimum absolute atomic E-state index is 0.0517. The number of methoxy groups -OCH3 is 1. The van der Waals surface area contributed by atoms with E-state index in [1.165, 1.54) is 33.5 Å². The molecule has 11 heteroatoms. The number of carbonyl (C=O) groups excluding carboxylic acids is 2. The summed E-state index contributed by atoms with van der Waals surface area (Å²) in [7, 11) is 1.58. The highest BCUT2D eigenvalue weighted by atomic mass is 35.5. The molecule has 0 radical (unpaired) electrons. The number of hydrogen-bond acceptors (Lipinski definition) is 5. The van der Waals surface area contributed by atoms with Gasteiger partial charge in [-0.1, -0.05) is 60.1 Å². The van der Waals surface area contributed by atoms with Gasteiger partial charge < -0.3 is 10.1 Å². The van der Waals surface area contributed by atoms with Crippen molar-refractivity contribution < 1.29 is 23.1 Å². The SMILES string of the molecule is COCCCNC(=O)CN1C(=O)CSC(c2ccc(F)cc2F)c2c(-c3ccccc3)nn(-c3ccccc3Cl)c21. The first kappa shape index (κ1) is 28.8. The van der Waals surface area contributed by atoms with Gasteiger partial charge in [0.2, 0.25) is 11.8 Å². The number of rotatable bonds is 9. The van der Waals surface area contributed by atoms with Crippen LogP contribution in [0, 0.1) is 11.6 Å². The zero-order valence-electron chi connectivity index (χ0n) is 22.1. The van der Waals surface area contributed by atoms with E-state index in [0.717, 1.165) is 11.6 Å². The lowest BCUT2D eigenvalue weighted by molar-refractivity contribution is -0.122. The molecule has 7 nitrogen and oxygen atoms in total. The van der Waals surface area contributed by atoms with E-state index in [1.54, 1.807) is 31.4 Å². The fraction of sp³-hybridized carbons (Fsp3) is 0.233. The summed E-state index contributed by atoms with van der Waals surface area (Å²) in [6, 6.07) is 19.7. The van der Waals surface area contributed by atoms with E-state index in [9.17, 15) is 14.0 Å². The maximum Gasteiger partial charge on any atom is 0.240 e. The molecule has 2 amide bonds. The molecule has 1 aliphatic heterocycles. The zero-order chi connectivity index (χ0) is 28.9.